The molecule has 3 rings (SSSR count). The van der Waals surface area contributed by atoms with Gasteiger partial charge in [-0.05, 0) is 61.5 Å². The summed E-state index contributed by atoms with van der Waals surface area (Å²) < 4.78 is 39.2. The van der Waals surface area contributed by atoms with Crippen molar-refractivity contribution in [1.82, 2.24) is 10.0 Å². The average molecular weight is 380 g/mol. The molecule has 0 fully saturated rings. The Labute approximate surface area is 150 Å². The number of halogens is 1. The van der Waals surface area contributed by atoms with Gasteiger partial charge in [-0.1, -0.05) is 0 Å². The van der Waals surface area contributed by atoms with Gasteiger partial charge in [-0.2, -0.15) is 0 Å². The van der Waals surface area contributed by atoms with Crippen molar-refractivity contribution in [2.75, 3.05) is 12.8 Å². The van der Waals surface area contributed by atoms with E-state index in [1.807, 2.05) is 0 Å². The van der Waals surface area contributed by atoms with Gasteiger partial charge in [-0.3, -0.25) is 4.79 Å². The Morgan fingerprint density at radius 2 is 1.92 bits per heavy atom. The molecule has 2 aromatic rings. The number of rotatable bonds is 4. The van der Waals surface area contributed by atoms with Gasteiger partial charge in [-0.15, -0.1) is 11.8 Å². The van der Waals surface area contributed by atoms with Crippen molar-refractivity contribution in [3.05, 3.63) is 59.4 Å². The minimum Gasteiger partial charge on any atom is -0.345 e. The molecule has 1 heterocycles. The molecule has 0 radical (unpaired) electrons. The summed E-state index contributed by atoms with van der Waals surface area (Å²) in [6, 6.07) is 10.0. The average Bonchev–Trinajstić information content (AvgIpc) is 2.62. The van der Waals surface area contributed by atoms with Gasteiger partial charge in [0.2, 0.25) is 10.0 Å². The van der Waals surface area contributed by atoms with Crippen LogP contribution in [-0.2, 0) is 10.0 Å². The molecule has 1 aliphatic rings. The summed E-state index contributed by atoms with van der Waals surface area (Å²) in [6.07, 6.45) is 0.707. The second kappa shape index (κ2) is 7.15. The van der Waals surface area contributed by atoms with E-state index in [1.165, 1.54) is 43.4 Å². The molecule has 1 unspecified atom stereocenters. The molecule has 1 atom stereocenters. The van der Waals surface area contributed by atoms with E-state index in [2.05, 4.69) is 10.0 Å². The molecular weight excluding hydrogens is 363 g/mol. The second-order valence-corrected chi connectivity index (χ2v) is 8.60. The van der Waals surface area contributed by atoms with Gasteiger partial charge < -0.3 is 5.32 Å². The van der Waals surface area contributed by atoms with E-state index in [4.69, 9.17) is 0 Å². The highest BCUT2D eigenvalue weighted by atomic mass is 32.2. The van der Waals surface area contributed by atoms with E-state index in [0.29, 0.717) is 12.0 Å². The van der Waals surface area contributed by atoms with Gasteiger partial charge in [0.15, 0.2) is 0 Å². The Bertz CT molecular complexity index is 899. The number of thioether (sulfide) groups is 1. The molecule has 0 aliphatic carbocycles. The first-order valence-corrected chi connectivity index (χ1v) is 10.1. The topological polar surface area (TPSA) is 75.3 Å². The van der Waals surface area contributed by atoms with E-state index in [1.54, 1.807) is 17.8 Å². The lowest BCUT2D eigenvalue weighted by atomic mass is 10.0. The van der Waals surface area contributed by atoms with E-state index < -0.39 is 10.0 Å². The molecular formula is C17H17FN2O3S2. The van der Waals surface area contributed by atoms with Crippen LogP contribution in [-0.4, -0.2) is 27.1 Å². The third-order valence-electron chi connectivity index (χ3n) is 4.01. The lowest BCUT2D eigenvalue weighted by Gasteiger charge is -2.26. The third kappa shape index (κ3) is 3.86. The summed E-state index contributed by atoms with van der Waals surface area (Å²) in [5.74, 6) is 0.186. The first kappa shape index (κ1) is 17.9. The first-order chi connectivity index (χ1) is 11.9. The smallest absolute Gasteiger partial charge is 0.251 e. The van der Waals surface area contributed by atoms with Crippen LogP contribution in [0.2, 0.25) is 0 Å². The summed E-state index contributed by atoms with van der Waals surface area (Å²) in [5, 5.41) is 2.91. The first-order valence-electron chi connectivity index (χ1n) is 7.67. The predicted octanol–water partition coefficient (Wildman–Crippen LogP) is 2.70. The van der Waals surface area contributed by atoms with Crippen molar-refractivity contribution in [2.24, 2.45) is 0 Å². The molecule has 1 aliphatic heterocycles. The SMILES string of the molecule is CNS(=O)(=O)c1ccc(C(=O)NC2CCSc3ccc(F)cc32)cc1. The molecule has 132 valence electrons. The number of benzene rings is 2. The molecule has 5 nitrogen and oxygen atoms in total. The Hall–Kier alpha value is -1.90. The van der Waals surface area contributed by atoms with Crippen LogP contribution in [0.5, 0.6) is 0 Å². The monoisotopic (exact) mass is 380 g/mol. The van der Waals surface area contributed by atoms with Gasteiger partial charge in [0.25, 0.3) is 5.91 Å². The van der Waals surface area contributed by atoms with Crippen LogP contribution in [0, 0.1) is 5.82 Å². The number of sulfonamides is 1. The molecule has 2 aromatic carbocycles. The summed E-state index contributed by atoms with van der Waals surface area (Å²) >= 11 is 1.64. The summed E-state index contributed by atoms with van der Waals surface area (Å²) in [4.78, 5) is 13.5. The van der Waals surface area contributed by atoms with Gasteiger partial charge in [0, 0.05) is 16.2 Å². The van der Waals surface area contributed by atoms with Crippen molar-refractivity contribution in [3.8, 4) is 0 Å². The van der Waals surface area contributed by atoms with Crippen molar-refractivity contribution < 1.29 is 17.6 Å². The van der Waals surface area contributed by atoms with Gasteiger partial charge in [-0.25, -0.2) is 17.5 Å². The normalized spacial score (nSPS) is 17.0. The molecule has 0 aromatic heterocycles. The number of carbonyl (C=O) groups is 1. The Kier molecular flexibility index (Phi) is 5.12. The fourth-order valence-electron chi connectivity index (χ4n) is 2.66. The highest BCUT2D eigenvalue weighted by Crippen LogP contribution is 2.36. The number of amides is 1. The summed E-state index contributed by atoms with van der Waals surface area (Å²) in [7, 11) is -2.21. The molecule has 8 heteroatoms. The number of hydrogen-bond acceptors (Lipinski definition) is 4. The van der Waals surface area contributed by atoms with E-state index in [0.717, 1.165) is 16.2 Å². The van der Waals surface area contributed by atoms with Crippen LogP contribution in [0.4, 0.5) is 4.39 Å². The van der Waals surface area contributed by atoms with Crippen LogP contribution >= 0.6 is 11.8 Å². The fraction of sp³-hybridized carbons (Fsp3) is 0.235. The van der Waals surface area contributed by atoms with Crippen molar-refractivity contribution in [3.63, 3.8) is 0 Å². The lowest BCUT2D eigenvalue weighted by molar-refractivity contribution is 0.0934. The van der Waals surface area contributed by atoms with Gasteiger partial charge >= 0.3 is 0 Å². The largest absolute Gasteiger partial charge is 0.345 e. The predicted molar refractivity (Wildman–Crippen MR) is 94.6 cm³/mol. The number of nitrogens with one attached hydrogen (secondary N) is 2. The zero-order chi connectivity index (χ0) is 18.0. The molecule has 0 bridgehead atoms. The Balaban J connectivity index is 1.79. The molecule has 25 heavy (non-hydrogen) atoms. The maximum atomic E-state index is 13.5. The maximum Gasteiger partial charge on any atom is 0.251 e. The van der Waals surface area contributed by atoms with Crippen molar-refractivity contribution >= 4 is 27.7 Å². The second-order valence-electron chi connectivity index (χ2n) is 5.58. The number of carbonyl (C=O) groups excluding carboxylic acids is 1. The van der Waals surface area contributed by atoms with E-state index in [9.17, 15) is 17.6 Å². The highest BCUT2D eigenvalue weighted by Gasteiger charge is 2.23. The summed E-state index contributed by atoms with van der Waals surface area (Å²) in [6.45, 7) is 0. The van der Waals surface area contributed by atoms with E-state index in [-0.39, 0.29) is 22.7 Å². The van der Waals surface area contributed by atoms with Crippen LogP contribution < -0.4 is 10.0 Å². The van der Waals surface area contributed by atoms with Crippen LogP contribution in [0.3, 0.4) is 0 Å². The summed E-state index contributed by atoms with van der Waals surface area (Å²) in [5.41, 5.74) is 1.13. The molecule has 0 saturated heterocycles. The minimum atomic E-state index is -3.54. The zero-order valence-electron chi connectivity index (χ0n) is 13.5. The van der Waals surface area contributed by atoms with E-state index >= 15 is 0 Å². The molecule has 0 spiro atoms. The highest BCUT2D eigenvalue weighted by molar-refractivity contribution is 7.99. The van der Waals surface area contributed by atoms with Crippen LogP contribution in [0.25, 0.3) is 0 Å². The molecule has 1 amide bonds. The number of hydrogen-bond donors (Lipinski definition) is 2. The third-order valence-corrected chi connectivity index (χ3v) is 6.57. The Morgan fingerprint density at radius 1 is 1.20 bits per heavy atom. The minimum absolute atomic E-state index is 0.0908. The fourth-order valence-corrected chi connectivity index (χ4v) is 4.50. The quantitative estimate of drug-likeness (QED) is 0.855. The van der Waals surface area contributed by atoms with Crippen LogP contribution in [0.1, 0.15) is 28.4 Å². The lowest BCUT2D eigenvalue weighted by Crippen LogP contribution is -2.30. The van der Waals surface area contributed by atoms with Gasteiger partial charge in [0.05, 0.1) is 10.9 Å². The molecule has 0 saturated carbocycles. The van der Waals surface area contributed by atoms with Crippen molar-refractivity contribution in [2.45, 2.75) is 22.3 Å². The van der Waals surface area contributed by atoms with Crippen LogP contribution in [0.15, 0.2) is 52.3 Å². The standard InChI is InChI=1S/C17H17FN2O3S2/c1-19-25(22,23)13-5-2-11(3-6-13)17(21)20-15-8-9-24-16-7-4-12(18)10-14(15)16/h2-7,10,15,19H,8-9H2,1H3,(H,20,21). The Morgan fingerprint density at radius 3 is 2.60 bits per heavy atom. The van der Waals surface area contributed by atoms with Gasteiger partial charge in [0.1, 0.15) is 5.82 Å². The zero-order valence-corrected chi connectivity index (χ0v) is 15.1. The molecule has 2 N–H and O–H groups in total. The number of fused-ring (bicyclic) bond motifs is 1. The van der Waals surface area contributed by atoms with Crippen molar-refractivity contribution in [1.29, 1.82) is 0 Å². The maximum absolute atomic E-state index is 13.5.